The van der Waals surface area contributed by atoms with Gasteiger partial charge in [0.05, 0.1) is 26.8 Å². The van der Waals surface area contributed by atoms with Gasteiger partial charge in [0.1, 0.15) is 0 Å². The van der Waals surface area contributed by atoms with E-state index in [1.165, 1.54) is 11.3 Å². The maximum atomic E-state index is 13.2. The van der Waals surface area contributed by atoms with Gasteiger partial charge in [0.25, 0.3) is 5.91 Å². The van der Waals surface area contributed by atoms with E-state index >= 15 is 0 Å². The molecule has 1 amide bonds. The number of thiazole rings is 1. The molecule has 6 nitrogen and oxygen atoms in total. The van der Waals surface area contributed by atoms with Gasteiger partial charge in [-0.3, -0.25) is 15.1 Å². The number of pyridine rings is 1. The first-order valence-corrected chi connectivity index (χ1v) is 12.4. The molecule has 0 fully saturated rings. The van der Waals surface area contributed by atoms with E-state index in [9.17, 15) is 9.59 Å². The first kappa shape index (κ1) is 22.8. The molecule has 5 rings (SSSR count). The lowest BCUT2D eigenvalue weighted by atomic mass is 10.0. The third-order valence-corrected chi connectivity index (χ3v) is 7.22. The molecule has 2 aromatic heterocycles. The maximum absolute atomic E-state index is 13.2. The summed E-state index contributed by atoms with van der Waals surface area (Å²) in [7, 11) is 0. The summed E-state index contributed by atoms with van der Waals surface area (Å²) in [6.45, 7) is 1.55. The van der Waals surface area contributed by atoms with Crippen molar-refractivity contribution in [3.8, 4) is 11.3 Å². The summed E-state index contributed by atoms with van der Waals surface area (Å²) in [5.74, 6) is -0.978. The molecular formula is C25H19Cl2N3O3S. The van der Waals surface area contributed by atoms with E-state index < -0.39 is 18.0 Å². The first-order valence-electron chi connectivity index (χ1n) is 10.7. The van der Waals surface area contributed by atoms with Crippen LogP contribution in [0.25, 0.3) is 22.2 Å². The number of hydrogen-bond acceptors (Lipinski definition) is 6. The normalized spacial score (nSPS) is 13.5. The van der Waals surface area contributed by atoms with Gasteiger partial charge in [-0.25, -0.2) is 9.78 Å². The zero-order valence-corrected chi connectivity index (χ0v) is 20.4. The highest BCUT2D eigenvalue weighted by Gasteiger charge is 2.27. The van der Waals surface area contributed by atoms with Crippen molar-refractivity contribution < 1.29 is 14.3 Å². The lowest BCUT2D eigenvalue weighted by Crippen LogP contribution is -2.30. The number of carbonyl (C=O) groups is 2. The molecule has 1 unspecified atom stereocenters. The van der Waals surface area contributed by atoms with Crippen LogP contribution in [0.1, 0.15) is 35.0 Å². The van der Waals surface area contributed by atoms with E-state index in [1.807, 2.05) is 24.3 Å². The molecule has 9 heteroatoms. The van der Waals surface area contributed by atoms with E-state index in [4.69, 9.17) is 32.9 Å². The number of hydrogen-bond donors (Lipinski definition) is 1. The quantitative estimate of drug-likeness (QED) is 0.316. The molecule has 0 aliphatic heterocycles. The molecule has 0 bridgehead atoms. The summed E-state index contributed by atoms with van der Waals surface area (Å²) in [6.07, 6.45) is 1.55. The van der Waals surface area contributed by atoms with Gasteiger partial charge in [-0.1, -0.05) is 47.5 Å². The minimum Gasteiger partial charge on any atom is -0.449 e. The second kappa shape index (κ2) is 9.33. The standard InChI is InChI=1S/C25H19Cl2N3O3S/c1-13(23(31)30-25-29-21(12-34-25)14-9-10-17(26)18(27)11-14)33-24(32)22-15-5-2-3-7-19(15)28-20-8-4-6-16(20)22/h2-3,5,7,9-13H,4,6,8H2,1H3,(H,29,30,31). The van der Waals surface area contributed by atoms with Crippen molar-refractivity contribution in [2.24, 2.45) is 0 Å². The van der Waals surface area contributed by atoms with Crippen LogP contribution in [-0.2, 0) is 22.4 Å². The molecule has 2 aromatic carbocycles. The third-order valence-electron chi connectivity index (χ3n) is 5.73. The molecule has 172 valence electrons. The van der Waals surface area contributed by atoms with Crippen LogP contribution in [0.2, 0.25) is 10.0 Å². The van der Waals surface area contributed by atoms with E-state index in [2.05, 4.69) is 10.3 Å². The lowest BCUT2D eigenvalue weighted by Gasteiger charge is -2.15. The van der Waals surface area contributed by atoms with Crippen LogP contribution < -0.4 is 5.32 Å². The summed E-state index contributed by atoms with van der Waals surface area (Å²) in [5, 5.41) is 6.54. The van der Waals surface area contributed by atoms with Crippen molar-refractivity contribution in [3.05, 3.63) is 74.7 Å². The van der Waals surface area contributed by atoms with Gasteiger partial charge < -0.3 is 4.74 Å². The monoisotopic (exact) mass is 511 g/mol. The Balaban J connectivity index is 1.32. The Bertz CT molecular complexity index is 1440. The zero-order chi connectivity index (χ0) is 23.8. The number of halogens is 2. The Kier molecular flexibility index (Phi) is 6.25. The number of nitrogens with zero attached hydrogens (tertiary/aromatic N) is 2. The number of fused-ring (bicyclic) bond motifs is 2. The van der Waals surface area contributed by atoms with Gasteiger partial charge in [0.2, 0.25) is 0 Å². The predicted molar refractivity (Wildman–Crippen MR) is 135 cm³/mol. The summed E-state index contributed by atoms with van der Waals surface area (Å²) in [5.41, 5.74) is 4.55. The Labute approximate surface area is 209 Å². The summed E-state index contributed by atoms with van der Waals surface area (Å²) < 4.78 is 5.59. The Morgan fingerprint density at radius 2 is 1.91 bits per heavy atom. The van der Waals surface area contributed by atoms with Crippen molar-refractivity contribution in [3.63, 3.8) is 0 Å². The molecule has 4 aromatic rings. The van der Waals surface area contributed by atoms with Crippen LogP contribution in [0.5, 0.6) is 0 Å². The number of esters is 1. The highest BCUT2D eigenvalue weighted by molar-refractivity contribution is 7.14. The molecule has 1 aliphatic rings. The summed E-state index contributed by atoms with van der Waals surface area (Å²) in [4.78, 5) is 35.0. The van der Waals surface area contributed by atoms with E-state index in [1.54, 1.807) is 30.5 Å². The molecule has 0 saturated carbocycles. The number of carbonyl (C=O) groups excluding carboxylic acids is 2. The number of aryl methyl sites for hydroxylation is 1. The number of nitrogens with one attached hydrogen (secondary N) is 1. The van der Waals surface area contributed by atoms with Crippen LogP contribution in [0.3, 0.4) is 0 Å². The highest BCUT2D eigenvalue weighted by Crippen LogP contribution is 2.32. The van der Waals surface area contributed by atoms with Crippen molar-refractivity contribution in [1.29, 1.82) is 0 Å². The van der Waals surface area contributed by atoms with Gasteiger partial charge in [-0.05, 0) is 49.9 Å². The minimum atomic E-state index is -1.01. The second-order valence-corrected chi connectivity index (χ2v) is 9.66. The van der Waals surface area contributed by atoms with Gasteiger partial charge in [-0.15, -0.1) is 11.3 Å². The molecule has 1 aliphatic carbocycles. The number of aromatic nitrogens is 2. The number of amides is 1. The SMILES string of the molecule is CC(OC(=O)c1c2c(nc3ccccc13)CCC2)C(=O)Nc1nc(-c2ccc(Cl)c(Cl)c2)cs1. The number of ether oxygens (including phenoxy) is 1. The van der Waals surface area contributed by atoms with Crippen LogP contribution in [0.15, 0.2) is 47.8 Å². The van der Waals surface area contributed by atoms with Gasteiger partial charge in [0.15, 0.2) is 11.2 Å². The highest BCUT2D eigenvalue weighted by atomic mass is 35.5. The average Bonchev–Trinajstić information content (AvgIpc) is 3.48. The predicted octanol–water partition coefficient (Wildman–Crippen LogP) is 6.34. The second-order valence-electron chi connectivity index (χ2n) is 7.99. The van der Waals surface area contributed by atoms with E-state index in [0.717, 1.165) is 47.0 Å². The fourth-order valence-electron chi connectivity index (χ4n) is 4.04. The molecule has 34 heavy (non-hydrogen) atoms. The first-order chi connectivity index (χ1) is 16.4. The van der Waals surface area contributed by atoms with Crippen molar-refractivity contribution in [2.75, 3.05) is 5.32 Å². The average molecular weight is 512 g/mol. The van der Waals surface area contributed by atoms with Crippen LogP contribution in [-0.4, -0.2) is 27.9 Å². The molecule has 0 radical (unpaired) electrons. The van der Waals surface area contributed by atoms with Crippen molar-refractivity contribution >= 4 is 62.4 Å². The molecule has 0 saturated heterocycles. The van der Waals surface area contributed by atoms with E-state index in [-0.39, 0.29) is 0 Å². The Morgan fingerprint density at radius 1 is 1.09 bits per heavy atom. The fourth-order valence-corrected chi connectivity index (χ4v) is 5.06. The molecule has 1 atom stereocenters. The van der Waals surface area contributed by atoms with Crippen LogP contribution in [0.4, 0.5) is 5.13 Å². The summed E-state index contributed by atoms with van der Waals surface area (Å²) >= 11 is 13.3. The topological polar surface area (TPSA) is 81.2 Å². The zero-order valence-electron chi connectivity index (χ0n) is 18.1. The number of anilines is 1. The van der Waals surface area contributed by atoms with Crippen LogP contribution in [0, 0.1) is 0 Å². The molecule has 1 N–H and O–H groups in total. The third kappa shape index (κ3) is 4.39. The fraction of sp³-hybridized carbons (Fsp3) is 0.200. The minimum absolute atomic E-state index is 0.393. The van der Waals surface area contributed by atoms with Gasteiger partial charge >= 0.3 is 5.97 Å². The smallest absolute Gasteiger partial charge is 0.339 e. The van der Waals surface area contributed by atoms with Crippen LogP contribution >= 0.6 is 34.5 Å². The maximum Gasteiger partial charge on any atom is 0.339 e. The van der Waals surface area contributed by atoms with E-state index in [0.29, 0.717) is 26.4 Å². The largest absolute Gasteiger partial charge is 0.449 e. The molecular weight excluding hydrogens is 493 g/mol. The molecule has 0 spiro atoms. The number of rotatable bonds is 5. The molecule has 2 heterocycles. The van der Waals surface area contributed by atoms with Gasteiger partial charge in [-0.2, -0.15) is 0 Å². The van der Waals surface area contributed by atoms with Crippen molar-refractivity contribution in [2.45, 2.75) is 32.3 Å². The van der Waals surface area contributed by atoms with Gasteiger partial charge in [0, 0.05) is 22.0 Å². The lowest BCUT2D eigenvalue weighted by molar-refractivity contribution is -0.123. The Hall–Kier alpha value is -3.00. The summed E-state index contributed by atoms with van der Waals surface area (Å²) in [6, 6.07) is 12.7. The Morgan fingerprint density at radius 3 is 2.74 bits per heavy atom. The van der Waals surface area contributed by atoms with Crippen molar-refractivity contribution in [1.82, 2.24) is 9.97 Å². The number of para-hydroxylation sites is 1. The number of benzene rings is 2.